The van der Waals surface area contributed by atoms with Gasteiger partial charge in [-0.2, -0.15) is 14.6 Å². The standard InChI is InChI=1S/C20H21FN8O/c1-11(2)14-9-25-29-18(14)26-17(12-5-13(21)8-22-7-12)27-19(29)28-20(30)4-3-15-16(6-20)24-10-23-15/h5,7-11,30H,3-4,6H2,1-2H3,(H,23,24)(H,26,27,28)/t20-/m1/s1. The summed E-state index contributed by atoms with van der Waals surface area (Å²) in [6.45, 7) is 4.09. The lowest BCUT2D eigenvalue weighted by molar-refractivity contribution is 0.0530. The summed E-state index contributed by atoms with van der Waals surface area (Å²) in [4.78, 5) is 20.4. The number of anilines is 1. The van der Waals surface area contributed by atoms with Crippen LogP contribution in [0.2, 0.25) is 0 Å². The Morgan fingerprint density at radius 3 is 2.93 bits per heavy atom. The predicted molar refractivity (Wildman–Crippen MR) is 107 cm³/mol. The molecule has 0 unspecified atom stereocenters. The number of nitrogens with one attached hydrogen (secondary N) is 2. The average Bonchev–Trinajstić information content (AvgIpc) is 3.34. The molecule has 0 saturated heterocycles. The van der Waals surface area contributed by atoms with Gasteiger partial charge >= 0.3 is 0 Å². The first-order chi connectivity index (χ1) is 14.4. The van der Waals surface area contributed by atoms with Crippen molar-refractivity contribution in [2.45, 2.75) is 44.8 Å². The Labute approximate surface area is 171 Å². The van der Waals surface area contributed by atoms with Gasteiger partial charge in [-0.15, -0.1) is 0 Å². The van der Waals surface area contributed by atoms with Crippen LogP contribution in [0.25, 0.3) is 17.0 Å². The third-order valence-corrected chi connectivity index (χ3v) is 5.38. The number of aliphatic hydroxyl groups is 1. The van der Waals surface area contributed by atoms with E-state index in [4.69, 9.17) is 0 Å². The Hall–Kier alpha value is -3.40. The van der Waals surface area contributed by atoms with E-state index in [1.807, 2.05) is 13.8 Å². The largest absolute Gasteiger partial charge is 0.371 e. The molecule has 0 fully saturated rings. The number of aromatic amines is 1. The summed E-state index contributed by atoms with van der Waals surface area (Å²) in [6.07, 6.45) is 7.47. The molecule has 0 radical (unpaired) electrons. The number of imidazole rings is 1. The van der Waals surface area contributed by atoms with Crippen molar-refractivity contribution in [3.05, 3.63) is 53.8 Å². The SMILES string of the molecule is CC(C)c1cnn2c(N[C@@]3(O)CCc4nc[nH]c4C3)nc(-c3cncc(F)c3)nc12. The van der Waals surface area contributed by atoms with Crippen LogP contribution in [-0.4, -0.2) is 45.4 Å². The molecule has 0 aromatic carbocycles. The van der Waals surface area contributed by atoms with E-state index in [0.717, 1.165) is 23.1 Å². The monoisotopic (exact) mass is 408 g/mol. The molecule has 1 atom stereocenters. The van der Waals surface area contributed by atoms with Crippen molar-refractivity contribution < 1.29 is 9.50 Å². The Bertz CT molecular complexity index is 1230. The number of aryl methyl sites for hydroxylation is 1. The minimum atomic E-state index is -1.23. The van der Waals surface area contributed by atoms with E-state index in [9.17, 15) is 9.50 Å². The van der Waals surface area contributed by atoms with Crippen LogP contribution in [0.1, 0.15) is 43.1 Å². The molecule has 4 aromatic heterocycles. The first-order valence-electron chi connectivity index (χ1n) is 9.80. The van der Waals surface area contributed by atoms with Gasteiger partial charge in [0.1, 0.15) is 11.5 Å². The maximum atomic E-state index is 13.8. The first-order valence-corrected chi connectivity index (χ1v) is 9.80. The second-order valence-corrected chi connectivity index (χ2v) is 7.91. The summed E-state index contributed by atoms with van der Waals surface area (Å²) in [5, 5.41) is 18.8. The van der Waals surface area contributed by atoms with E-state index in [1.165, 1.54) is 12.3 Å². The van der Waals surface area contributed by atoms with Crippen molar-refractivity contribution in [3.8, 4) is 11.4 Å². The second-order valence-electron chi connectivity index (χ2n) is 7.91. The van der Waals surface area contributed by atoms with Gasteiger partial charge in [-0.05, 0) is 18.4 Å². The molecule has 4 heterocycles. The molecule has 0 saturated carbocycles. The fourth-order valence-electron chi connectivity index (χ4n) is 3.78. The van der Waals surface area contributed by atoms with E-state index in [2.05, 4.69) is 35.3 Å². The van der Waals surface area contributed by atoms with E-state index in [0.29, 0.717) is 42.2 Å². The molecule has 0 spiro atoms. The van der Waals surface area contributed by atoms with Crippen molar-refractivity contribution >= 4 is 11.6 Å². The highest BCUT2D eigenvalue weighted by Crippen LogP contribution is 2.30. The maximum absolute atomic E-state index is 13.8. The Balaban J connectivity index is 1.62. The number of hydrogen-bond donors (Lipinski definition) is 3. The topological polar surface area (TPSA) is 117 Å². The van der Waals surface area contributed by atoms with Crippen LogP contribution in [0.3, 0.4) is 0 Å². The number of H-pyrrole nitrogens is 1. The van der Waals surface area contributed by atoms with E-state index < -0.39 is 11.5 Å². The number of halogens is 1. The normalized spacial score (nSPS) is 18.7. The zero-order chi connectivity index (χ0) is 20.9. The van der Waals surface area contributed by atoms with E-state index in [-0.39, 0.29) is 5.92 Å². The fourth-order valence-corrected chi connectivity index (χ4v) is 3.78. The van der Waals surface area contributed by atoms with E-state index in [1.54, 1.807) is 17.0 Å². The van der Waals surface area contributed by atoms with Crippen LogP contribution < -0.4 is 5.32 Å². The van der Waals surface area contributed by atoms with Crippen LogP contribution in [-0.2, 0) is 12.8 Å². The maximum Gasteiger partial charge on any atom is 0.230 e. The summed E-state index contributed by atoms with van der Waals surface area (Å²) in [7, 11) is 0. The molecule has 154 valence electrons. The number of nitrogens with zero attached hydrogens (tertiary/aromatic N) is 6. The third kappa shape index (κ3) is 3.18. The molecule has 30 heavy (non-hydrogen) atoms. The molecule has 0 bridgehead atoms. The highest BCUT2D eigenvalue weighted by atomic mass is 19.1. The van der Waals surface area contributed by atoms with Gasteiger partial charge in [-0.1, -0.05) is 13.8 Å². The molecule has 0 aliphatic heterocycles. The van der Waals surface area contributed by atoms with Gasteiger partial charge in [0, 0.05) is 35.9 Å². The highest BCUT2D eigenvalue weighted by molar-refractivity contribution is 5.62. The lowest BCUT2D eigenvalue weighted by atomic mass is 9.92. The smallest absolute Gasteiger partial charge is 0.230 e. The van der Waals surface area contributed by atoms with Crippen LogP contribution in [0.4, 0.5) is 10.3 Å². The van der Waals surface area contributed by atoms with Crippen molar-refractivity contribution in [1.82, 2.24) is 34.5 Å². The average molecular weight is 408 g/mol. The third-order valence-electron chi connectivity index (χ3n) is 5.38. The Morgan fingerprint density at radius 1 is 1.27 bits per heavy atom. The lowest BCUT2D eigenvalue weighted by Gasteiger charge is -2.32. The van der Waals surface area contributed by atoms with Gasteiger partial charge in [-0.3, -0.25) is 4.98 Å². The zero-order valence-corrected chi connectivity index (χ0v) is 16.6. The van der Waals surface area contributed by atoms with Gasteiger partial charge in [0.25, 0.3) is 0 Å². The Morgan fingerprint density at radius 2 is 2.13 bits per heavy atom. The number of pyridine rings is 1. The van der Waals surface area contributed by atoms with Crippen molar-refractivity contribution in [1.29, 1.82) is 0 Å². The van der Waals surface area contributed by atoms with Crippen molar-refractivity contribution in [2.24, 2.45) is 0 Å². The molecule has 0 amide bonds. The summed E-state index contributed by atoms with van der Waals surface area (Å²) >= 11 is 0. The van der Waals surface area contributed by atoms with Gasteiger partial charge in [0.05, 0.1) is 24.4 Å². The molecule has 5 rings (SSSR count). The van der Waals surface area contributed by atoms with Crippen LogP contribution in [0.5, 0.6) is 0 Å². The van der Waals surface area contributed by atoms with Crippen LogP contribution in [0.15, 0.2) is 31.0 Å². The predicted octanol–water partition coefficient (Wildman–Crippen LogP) is 2.46. The second kappa shape index (κ2) is 6.84. The highest BCUT2D eigenvalue weighted by Gasteiger charge is 2.35. The quantitative estimate of drug-likeness (QED) is 0.444. The summed E-state index contributed by atoms with van der Waals surface area (Å²) < 4.78 is 15.3. The van der Waals surface area contributed by atoms with E-state index >= 15 is 0 Å². The molecular weight excluding hydrogens is 387 g/mol. The molecule has 3 N–H and O–H groups in total. The van der Waals surface area contributed by atoms with Crippen LogP contribution in [0, 0.1) is 5.82 Å². The lowest BCUT2D eigenvalue weighted by Crippen LogP contribution is -2.44. The summed E-state index contributed by atoms with van der Waals surface area (Å²) in [6, 6.07) is 1.33. The molecular formula is C20H21FN8O. The molecule has 9 nitrogen and oxygen atoms in total. The number of hydrogen-bond acceptors (Lipinski definition) is 7. The van der Waals surface area contributed by atoms with Crippen molar-refractivity contribution in [2.75, 3.05) is 5.32 Å². The van der Waals surface area contributed by atoms with Crippen molar-refractivity contribution in [3.63, 3.8) is 0 Å². The molecule has 4 aromatic rings. The molecule has 1 aliphatic carbocycles. The first kappa shape index (κ1) is 18.6. The fraction of sp³-hybridized carbons (Fsp3) is 0.350. The minimum Gasteiger partial charge on any atom is -0.371 e. The molecule has 10 heteroatoms. The zero-order valence-electron chi connectivity index (χ0n) is 16.6. The molecule has 1 aliphatic rings. The number of rotatable bonds is 4. The summed E-state index contributed by atoms with van der Waals surface area (Å²) in [5.74, 6) is 0.340. The number of aromatic nitrogens is 7. The van der Waals surface area contributed by atoms with Crippen LogP contribution >= 0.6 is 0 Å². The number of fused-ring (bicyclic) bond motifs is 2. The van der Waals surface area contributed by atoms with Gasteiger partial charge < -0.3 is 15.4 Å². The Kier molecular flexibility index (Phi) is 4.24. The van der Waals surface area contributed by atoms with Gasteiger partial charge in [0.15, 0.2) is 11.5 Å². The summed E-state index contributed by atoms with van der Waals surface area (Å²) in [5.41, 5.74) is 2.59. The van der Waals surface area contributed by atoms with Gasteiger partial charge in [0.2, 0.25) is 5.95 Å². The van der Waals surface area contributed by atoms with Gasteiger partial charge in [-0.25, -0.2) is 14.4 Å². The minimum absolute atomic E-state index is 0.175.